The molecule has 0 saturated carbocycles. The summed E-state index contributed by atoms with van der Waals surface area (Å²) in [6, 6.07) is 8.06. The van der Waals surface area contributed by atoms with Gasteiger partial charge in [-0.15, -0.1) is 0 Å². The summed E-state index contributed by atoms with van der Waals surface area (Å²) in [5, 5.41) is 0. The fourth-order valence-electron chi connectivity index (χ4n) is 2.02. The number of hydrogen-bond acceptors (Lipinski definition) is 1. The first-order valence-electron chi connectivity index (χ1n) is 6.45. The Balaban J connectivity index is 2.21. The molecule has 0 aliphatic rings. The van der Waals surface area contributed by atoms with Crippen LogP contribution in [0.1, 0.15) is 33.5 Å². The van der Waals surface area contributed by atoms with Crippen LogP contribution in [0, 0.1) is 0 Å². The average molecular weight is 393 g/mol. The number of carbonyl (C=O) groups is 1. The lowest BCUT2D eigenvalue weighted by molar-refractivity contribution is -0.137. The van der Waals surface area contributed by atoms with Gasteiger partial charge >= 0.3 is 6.18 Å². The number of carbonyl (C=O) groups excluding carboxylic acids is 1. The van der Waals surface area contributed by atoms with Gasteiger partial charge in [-0.25, -0.2) is 8.78 Å². The lowest BCUT2D eigenvalue weighted by Gasteiger charge is -2.09. The molecule has 7 heteroatoms. The van der Waals surface area contributed by atoms with Crippen LogP contribution in [0.5, 0.6) is 0 Å². The molecule has 0 saturated heterocycles. The van der Waals surface area contributed by atoms with Gasteiger partial charge in [0.15, 0.2) is 5.78 Å². The third-order valence-corrected chi connectivity index (χ3v) is 3.86. The van der Waals surface area contributed by atoms with Crippen LogP contribution >= 0.6 is 15.9 Å². The van der Waals surface area contributed by atoms with E-state index in [0.29, 0.717) is 0 Å². The van der Waals surface area contributed by atoms with Gasteiger partial charge in [-0.05, 0) is 17.7 Å². The SMILES string of the molecule is O=C(Cc1cccc(C(F)(F)F)c1)c1ccc(C(F)F)c(Br)c1. The van der Waals surface area contributed by atoms with E-state index in [9.17, 15) is 26.7 Å². The number of halogens is 6. The van der Waals surface area contributed by atoms with Gasteiger partial charge in [-0.1, -0.05) is 46.3 Å². The molecule has 0 aliphatic carbocycles. The van der Waals surface area contributed by atoms with Crippen LogP contribution in [0.2, 0.25) is 0 Å². The molecule has 0 spiro atoms. The lowest BCUT2D eigenvalue weighted by Crippen LogP contribution is -2.08. The van der Waals surface area contributed by atoms with Crippen molar-refractivity contribution in [1.29, 1.82) is 0 Å². The second kappa shape index (κ2) is 6.78. The Morgan fingerprint density at radius 1 is 1.09 bits per heavy atom. The van der Waals surface area contributed by atoms with Gasteiger partial charge in [0.05, 0.1) is 5.56 Å². The predicted molar refractivity (Wildman–Crippen MR) is 78.6 cm³/mol. The number of Topliss-reactive ketones (excluding diaryl/α,β-unsaturated/α-hetero) is 1. The molecule has 1 nitrogen and oxygen atoms in total. The second-order valence-electron chi connectivity index (χ2n) is 4.84. The van der Waals surface area contributed by atoms with E-state index in [2.05, 4.69) is 15.9 Å². The van der Waals surface area contributed by atoms with Crippen LogP contribution in [-0.4, -0.2) is 5.78 Å². The molecule has 0 aromatic heterocycles. The van der Waals surface area contributed by atoms with E-state index in [-0.39, 0.29) is 27.6 Å². The quantitative estimate of drug-likeness (QED) is 0.472. The molecular formula is C16H10BrF5O. The van der Waals surface area contributed by atoms with Crippen molar-refractivity contribution in [3.63, 3.8) is 0 Å². The van der Waals surface area contributed by atoms with Crippen molar-refractivity contribution in [2.75, 3.05) is 0 Å². The Morgan fingerprint density at radius 2 is 1.78 bits per heavy atom. The summed E-state index contributed by atoms with van der Waals surface area (Å²) in [4.78, 5) is 12.1. The topological polar surface area (TPSA) is 17.1 Å². The van der Waals surface area contributed by atoms with Gasteiger partial charge in [0.2, 0.25) is 0 Å². The van der Waals surface area contributed by atoms with Gasteiger partial charge < -0.3 is 0 Å². The van der Waals surface area contributed by atoms with Gasteiger partial charge in [0, 0.05) is 22.0 Å². The van der Waals surface area contributed by atoms with E-state index < -0.39 is 23.9 Å². The maximum Gasteiger partial charge on any atom is 0.416 e. The van der Waals surface area contributed by atoms with Crippen LogP contribution in [0.4, 0.5) is 22.0 Å². The summed E-state index contributed by atoms with van der Waals surface area (Å²) in [5.41, 5.74) is -0.727. The Hall–Kier alpha value is -1.76. The number of rotatable bonds is 4. The summed E-state index contributed by atoms with van der Waals surface area (Å²) in [6.45, 7) is 0. The van der Waals surface area contributed by atoms with E-state index in [4.69, 9.17) is 0 Å². The van der Waals surface area contributed by atoms with Crippen molar-refractivity contribution in [2.24, 2.45) is 0 Å². The Morgan fingerprint density at radius 3 is 2.35 bits per heavy atom. The zero-order valence-corrected chi connectivity index (χ0v) is 13.1. The Bertz CT molecular complexity index is 725. The molecule has 0 amide bonds. The summed E-state index contributed by atoms with van der Waals surface area (Å²) in [6.07, 6.45) is -7.41. The highest BCUT2D eigenvalue weighted by Gasteiger charge is 2.30. The van der Waals surface area contributed by atoms with Gasteiger partial charge in [-0.3, -0.25) is 4.79 Å². The molecule has 0 atom stereocenters. The van der Waals surface area contributed by atoms with E-state index >= 15 is 0 Å². The van der Waals surface area contributed by atoms with Crippen LogP contribution in [0.25, 0.3) is 0 Å². The van der Waals surface area contributed by atoms with E-state index in [1.165, 1.54) is 24.3 Å². The molecule has 0 radical (unpaired) electrons. The normalized spacial score (nSPS) is 11.8. The maximum absolute atomic E-state index is 12.6. The molecule has 0 fully saturated rings. The largest absolute Gasteiger partial charge is 0.416 e. The van der Waals surface area contributed by atoms with E-state index in [1.807, 2.05) is 0 Å². The van der Waals surface area contributed by atoms with E-state index in [1.54, 1.807) is 0 Å². The van der Waals surface area contributed by atoms with Gasteiger partial charge in [0.25, 0.3) is 6.43 Å². The Labute approximate surface area is 137 Å². The molecule has 2 aromatic carbocycles. The first kappa shape index (κ1) is 17.6. The third-order valence-electron chi connectivity index (χ3n) is 3.18. The van der Waals surface area contributed by atoms with Gasteiger partial charge in [0.1, 0.15) is 0 Å². The molecule has 0 aliphatic heterocycles. The molecular weight excluding hydrogens is 383 g/mol. The lowest BCUT2D eigenvalue weighted by atomic mass is 10.0. The molecule has 23 heavy (non-hydrogen) atoms. The average Bonchev–Trinajstić information content (AvgIpc) is 2.46. The monoisotopic (exact) mass is 392 g/mol. The highest BCUT2D eigenvalue weighted by molar-refractivity contribution is 9.10. The smallest absolute Gasteiger partial charge is 0.294 e. The molecule has 0 N–H and O–H groups in total. The number of benzene rings is 2. The molecule has 2 aromatic rings. The van der Waals surface area contributed by atoms with Gasteiger partial charge in [-0.2, -0.15) is 13.2 Å². The van der Waals surface area contributed by atoms with Crippen LogP contribution in [0.3, 0.4) is 0 Å². The number of alkyl halides is 5. The molecule has 0 bridgehead atoms. The summed E-state index contributed by atoms with van der Waals surface area (Å²) < 4.78 is 63.3. The van der Waals surface area contributed by atoms with Crippen molar-refractivity contribution in [2.45, 2.75) is 19.0 Å². The van der Waals surface area contributed by atoms with Crippen LogP contribution < -0.4 is 0 Å². The molecule has 0 unspecified atom stereocenters. The first-order valence-corrected chi connectivity index (χ1v) is 7.24. The standard InChI is InChI=1S/C16H10BrF5O/c17-13-8-10(4-5-12(13)15(18)19)14(23)7-9-2-1-3-11(6-9)16(20,21)22/h1-6,8,15H,7H2. The highest BCUT2D eigenvalue weighted by atomic mass is 79.9. The minimum atomic E-state index is -4.49. The minimum absolute atomic E-state index is 0.0855. The zero-order valence-electron chi connectivity index (χ0n) is 11.5. The molecule has 2 rings (SSSR count). The Kier molecular flexibility index (Phi) is 5.19. The second-order valence-corrected chi connectivity index (χ2v) is 5.69. The molecule has 122 valence electrons. The highest BCUT2D eigenvalue weighted by Crippen LogP contribution is 2.30. The fourth-order valence-corrected chi connectivity index (χ4v) is 2.57. The third kappa shape index (κ3) is 4.37. The van der Waals surface area contributed by atoms with Crippen LogP contribution in [-0.2, 0) is 12.6 Å². The predicted octanol–water partition coefficient (Wildman–Crippen LogP) is 5.83. The van der Waals surface area contributed by atoms with E-state index in [0.717, 1.165) is 18.2 Å². The van der Waals surface area contributed by atoms with Crippen molar-refractivity contribution in [3.05, 3.63) is 69.2 Å². The summed E-state index contributed by atoms with van der Waals surface area (Å²) in [5.74, 6) is -0.453. The number of hydrogen-bond donors (Lipinski definition) is 0. The minimum Gasteiger partial charge on any atom is -0.294 e. The molecule has 0 heterocycles. The van der Waals surface area contributed by atoms with Crippen molar-refractivity contribution in [3.8, 4) is 0 Å². The zero-order chi connectivity index (χ0) is 17.2. The maximum atomic E-state index is 12.6. The van der Waals surface area contributed by atoms with Crippen molar-refractivity contribution in [1.82, 2.24) is 0 Å². The number of ketones is 1. The van der Waals surface area contributed by atoms with Crippen LogP contribution in [0.15, 0.2) is 46.9 Å². The van der Waals surface area contributed by atoms with Crippen molar-refractivity contribution < 1.29 is 26.7 Å². The first-order chi connectivity index (χ1) is 10.7. The summed E-state index contributed by atoms with van der Waals surface area (Å²) in [7, 11) is 0. The van der Waals surface area contributed by atoms with Crippen molar-refractivity contribution >= 4 is 21.7 Å². The fraction of sp³-hybridized carbons (Fsp3) is 0.188. The summed E-state index contributed by atoms with van der Waals surface area (Å²) >= 11 is 2.96.